The molecule has 2 aliphatic heterocycles. The van der Waals surface area contributed by atoms with Gasteiger partial charge in [0.1, 0.15) is 11.9 Å². The van der Waals surface area contributed by atoms with Crippen LogP contribution in [-0.2, 0) is 6.54 Å². The minimum absolute atomic E-state index is 0.246. The maximum Gasteiger partial charge on any atom is 0.142 e. The summed E-state index contributed by atoms with van der Waals surface area (Å²) in [5, 5.41) is 12.5. The highest BCUT2D eigenvalue weighted by Gasteiger charge is 2.51. The number of alkyl halides is 1. The van der Waals surface area contributed by atoms with Gasteiger partial charge in [0.2, 0.25) is 0 Å². The van der Waals surface area contributed by atoms with Crippen LogP contribution in [0.15, 0.2) is 30.3 Å². The Labute approximate surface area is 107 Å². The van der Waals surface area contributed by atoms with Gasteiger partial charge in [-0.3, -0.25) is 10.2 Å². The molecule has 2 fully saturated rings. The molecule has 0 bridgehead atoms. The summed E-state index contributed by atoms with van der Waals surface area (Å²) in [5.41, 5.74) is -0.0574. The molecule has 1 unspecified atom stereocenters. The summed E-state index contributed by atoms with van der Waals surface area (Å²) in [6.45, 7) is 2.32. The molecule has 3 rings (SSSR count). The van der Waals surface area contributed by atoms with Crippen molar-refractivity contribution in [3.63, 3.8) is 0 Å². The summed E-state index contributed by atoms with van der Waals surface area (Å²) in [6, 6.07) is 10.1. The summed E-state index contributed by atoms with van der Waals surface area (Å²) in [7, 11) is 0. The zero-order valence-corrected chi connectivity index (χ0v) is 10.3. The predicted molar refractivity (Wildman–Crippen MR) is 67.7 cm³/mol. The number of piperidine rings is 1. The molecule has 0 radical (unpaired) electrons. The molecule has 1 aromatic rings. The Morgan fingerprint density at radius 3 is 2.94 bits per heavy atom. The minimum Gasteiger partial charge on any atom is -0.378 e. The molecular formula is C14H19FN2O. The van der Waals surface area contributed by atoms with Gasteiger partial charge in [0, 0.05) is 25.6 Å². The zero-order chi connectivity index (χ0) is 12.6. The maximum absolute atomic E-state index is 14.7. The van der Waals surface area contributed by atoms with Crippen LogP contribution in [0.5, 0.6) is 0 Å². The molecule has 98 valence electrons. The summed E-state index contributed by atoms with van der Waals surface area (Å²) < 4.78 is 14.7. The first kappa shape index (κ1) is 12.1. The first-order chi connectivity index (χ1) is 8.67. The van der Waals surface area contributed by atoms with Gasteiger partial charge in [0.25, 0.3) is 0 Å². The lowest BCUT2D eigenvalue weighted by Crippen LogP contribution is -2.51. The standard InChI is InChI=1S/C14H19FN2O/c15-14-9-16-13(18)12(14)6-7-17(10-14)8-11-4-2-1-3-5-11/h1-5,12-13,16,18H,6-10H2/t12-,13?,14+/m0/s1. The van der Waals surface area contributed by atoms with Gasteiger partial charge in [-0.15, -0.1) is 0 Å². The molecule has 2 aliphatic rings. The van der Waals surface area contributed by atoms with Gasteiger partial charge in [-0.1, -0.05) is 30.3 Å². The average Bonchev–Trinajstić information content (AvgIpc) is 2.66. The summed E-state index contributed by atoms with van der Waals surface area (Å²) in [6.07, 6.45) is 0.0474. The number of halogens is 1. The lowest BCUT2D eigenvalue weighted by molar-refractivity contribution is -0.0222. The van der Waals surface area contributed by atoms with E-state index in [1.807, 2.05) is 18.2 Å². The van der Waals surface area contributed by atoms with E-state index >= 15 is 0 Å². The van der Waals surface area contributed by atoms with E-state index in [2.05, 4.69) is 22.3 Å². The third-order valence-electron chi connectivity index (χ3n) is 4.14. The van der Waals surface area contributed by atoms with Gasteiger partial charge in [-0.2, -0.15) is 0 Å². The molecule has 2 saturated heterocycles. The van der Waals surface area contributed by atoms with Crippen molar-refractivity contribution in [2.75, 3.05) is 19.6 Å². The first-order valence-electron chi connectivity index (χ1n) is 6.54. The van der Waals surface area contributed by atoms with E-state index in [0.717, 1.165) is 19.5 Å². The number of rotatable bonds is 2. The number of fused-ring (bicyclic) bond motifs is 1. The van der Waals surface area contributed by atoms with Crippen LogP contribution in [0.25, 0.3) is 0 Å². The Morgan fingerprint density at radius 2 is 2.17 bits per heavy atom. The van der Waals surface area contributed by atoms with Crippen molar-refractivity contribution in [1.82, 2.24) is 10.2 Å². The van der Waals surface area contributed by atoms with Crippen LogP contribution in [0.2, 0.25) is 0 Å². The number of aliphatic hydroxyl groups excluding tert-OH is 1. The number of nitrogens with zero attached hydrogens (tertiary/aromatic N) is 1. The molecule has 2 heterocycles. The number of hydrogen-bond donors (Lipinski definition) is 2. The van der Waals surface area contributed by atoms with Crippen molar-refractivity contribution in [2.24, 2.45) is 5.92 Å². The second-order valence-corrected chi connectivity index (χ2v) is 5.45. The van der Waals surface area contributed by atoms with Crippen molar-refractivity contribution in [3.05, 3.63) is 35.9 Å². The number of hydrogen-bond acceptors (Lipinski definition) is 3. The van der Waals surface area contributed by atoms with Gasteiger partial charge in [-0.05, 0) is 18.5 Å². The predicted octanol–water partition coefficient (Wildman–Crippen LogP) is 1.14. The Bertz CT molecular complexity index is 414. The highest BCUT2D eigenvalue weighted by atomic mass is 19.1. The van der Waals surface area contributed by atoms with E-state index in [4.69, 9.17) is 0 Å². The third kappa shape index (κ3) is 2.16. The largest absolute Gasteiger partial charge is 0.378 e. The second kappa shape index (κ2) is 4.61. The number of benzene rings is 1. The molecule has 3 nitrogen and oxygen atoms in total. The van der Waals surface area contributed by atoms with Crippen molar-refractivity contribution in [1.29, 1.82) is 0 Å². The zero-order valence-electron chi connectivity index (χ0n) is 10.3. The maximum atomic E-state index is 14.7. The molecule has 0 amide bonds. The fourth-order valence-electron chi connectivity index (χ4n) is 3.17. The van der Waals surface area contributed by atoms with Crippen LogP contribution in [0.1, 0.15) is 12.0 Å². The molecule has 0 spiro atoms. The summed E-state index contributed by atoms with van der Waals surface area (Å²) in [4.78, 5) is 2.14. The molecule has 18 heavy (non-hydrogen) atoms. The Kier molecular flexibility index (Phi) is 3.09. The van der Waals surface area contributed by atoms with Crippen LogP contribution in [0.4, 0.5) is 4.39 Å². The van der Waals surface area contributed by atoms with E-state index in [1.165, 1.54) is 5.56 Å². The number of aliphatic hydroxyl groups is 1. The summed E-state index contributed by atoms with van der Waals surface area (Å²) >= 11 is 0. The number of nitrogens with one attached hydrogen (secondary N) is 1. The van der Waals surface area contributed by atoms with Crippen LogP contribution >= 0.6 is 0 Å². The lowest BCUT2D eigenvalue weighted by Gasteiger charge is -2.39. The molecule has 0 aromatic heterocycles. The molecule has 1 aromatic carbocycles. The normalized spacial score (nSPS) is 36.6. The Hall–Kier alpha value is -0.970. The van der Waals surface area contributed by atoms with Gasteiger partial charge in [0.05, 0.1) is 0 Å². The van der Waals surface area contributed by atoms with Crippen molar-refractivity contribution in [2.45, 2.75) is 24.9 Å². The lowest BCUT2D eigenvalue weighted by atomic mass is 9.84. The van der Waals surface area contributed by atoms with E-state index in [9.17, 15) is 9.50 Å². The van der Waals surface area contributed by atoms with Gasteiger partial charge in [0.15, 0.2) is 0 Å². The molecular weight excluding hydrogens is 231 g/mol. The summed E-state index contributed by atoms with van der Waals surface area (Å²) in [5.74, 6) is -0.246. The topological polar surface area (TPSA) is 35.5 Å². The molecule has 0 saturated carbocycles. The van der Waals surface area contributed by atoms with E-state index in [0.29, 0.717) is 6.54 Å². The van der Waals surface area contributed by atoms with Crippen molar-refractivity contribution in [3.8, 4) is 0 Å². The average molecular weight is 250 g/mol. The Balaban J connectivity index is 1.67. The third-order valence-corrected chi connectivity index (χ3v) is 4.14. The van der Waals surface area contributed by atoms with Gasteiger partial charge < -0.3 is 5.11 Å². The fraction of sp³-hybridized carbons (Fsp3) is 0.571. The quantitative estimate of drug-likeness (QED) is 0.826. The highest BCUT2D eigenvalue weighted by molar-refractivity contribution is 5.15. The molecule has 3 atom stereocenters. The second-order valence-electron chi connectivity index (χ2n) is 5.45. The van der Waals surface area contributed by atoms with E-state index in [1.54, 1.807) is 0 Å². The molecule has 4 heteroatoms. The van der Waals surface area contributed by atoms with E-state index in [-0.39, 0.29) is 12.5 Å². The molecule has 0 aliphatic carbocycles. The first-order valence-corrected chi connectivity index (χ1v) is 6.54. The molecule has 2 N–H and O–H groups in total. The smallest absolute Gasteiger partial charge is 0.142 e. The van der Waals surface area contributed by atoms with Crippen LogP contribution in [0, 0.1) is 5.92 Å². The monoisotopic (exact) mass is 250 g/mol. The van der Waals surface area contributed by atoms with Crippen molar-refractivity contribution >= 4 is 0 Å². The van der Waals surface area contributed by atoms with Gasteiger partial charge in [-0.25, -0.2) is 4.39 Å². The van der Waals surface area contributed by atoms with Gasteiger partial charge >= 0.3 is 0 Å². The van der Waals surface area contributed by atoms with Crippen LogP contribution < -0.4 is 5.32 Å². The number of likely N-dealkylation sites (tertiary alicyclic amines) is 1. The van der Waals surface area contributed by atoms with E-state index < -0.39 is 11.9 Å². The Morgan fingerprint density at radius 1 is 1.39 bits per heavy atom. The van der Waals surface area contributed by atoms with Crippen LogP contribution in [-0.4, -0.2) is 41.5 Å². The minimum atomic E-state index is -1.27. The van der Waals surface area contributed by atoms with Crippen molar-refractivity contribution < 1.29 is 9.50 Å². The van der Waals surface area contributed by atoms with Crippen LogP contribution in [0.3, 0.4) is 0 Å². The highest BCUT2D eigenvalue weighted by Crippen LogP contribution is 2.37. The SMILES string of the molecule is OC1NC[C@@]2(F)CN(Cc3ccccc3)CC[C@@H]12. The fourth-order valence-corrected chi connectivity index (χ4v) is 3.17.